The number of rotatable bonds is 8. The first kappa shape index (κ1) is 29.5. The third-order valence-corrected chi connectivity index (χ3v) is 7.61. The topological polar surface area (TPSA) is 55.8 Å². The van der Waals surface area contributed by atoms with Gasteiger partial charge in [-0.1, -0.05) is 96.1 Å². The van der Waals surface area contributed by atoms with E-state index in [1.807, 2.05) is 30.3 Å². The molecule has 1 amide bonds. The molecule has 0 aromatic heterocycles. The molecule has 0 spiro atoms. The van der Waals surface area contributed by atoms with Gasteiger partial charge in [-0.2, -0.15) is 0 Å². The third kappa shape index (κ3) is 7.72. The highest BCUT2D eigenvalue weighted by Crippen LogP contribution is 2.38. The minimum atomic E-state index is -0.612. The first-order chi connectivity index (χ1) is 17.8. The second-order valence-corrected chi connectivity index (χ2v) is 12.6. The van der Waals surface area contributed by atoms with E-state index in [-0.39, 0.29) is 36.1 Å². The van der Waals surface area contributed by atoms with Gasteiger partial charge in [0, 0.05) is 13.1 Å². The summed E-state index contributed by atoms with van der Waals surface area (Å²) in [7, 11) is 0. The van der Waals surface area contributed by atoms with E-state index < -0.39 is 5.41 Å². The van der Waals surface area contributed by atoms with Crippen LogP contribution in [-0.2, 0) is 38.3 Å². The molecule has 0 N–H and O–H groups in total. The lowest BCUT2D eigenvalue weighted by Gasteiger charge is -2.39. The first-order valence-corrected chi connectivity index (χ1v) is 13.7. The zero-order valence-corrected chi connectivity index (χ0v) is 24.1. The maximum absolute atomic E-state index is 13.3. The van der Waals surface area contributed by atoms with Crippen LogP contribution in [0.3, 0.4) is 0 Å². The fourth-order valence-electron chi connectivity index (χ4n) is 4.79. The monoisotopic (exact) mass is 519 g/mol. The fourth-order valence-corrected chi connectivity index (χ4v) is 4.79. The van der Waals surface area contributed by atoms with E-state index in [1.54, 1.807) is 4.90 Å². The van der Waals surface area contributed by atoms with E-state index in [1.165, 1.54) is 11.1 Å². The van der Waals surface area contributed by atoms with E-state index in [0.717, 1.165) is 17.5 Å². The minimum Gasteiger partial charge on any atom is -0.460 e. The molecule has 0 radical (unpaired) electrons. The largest absolute Gasteiger partial charge is 0.460 e. The molecular weight excluding hydrogens is 474 g/mol. The molecular formula is C33H45NO4. The Morgan fingerprint density at radius 3 is 1.68 bits per heavy atom. The van der Waals surface area contributed by atoms with Gasteiger partial charge in [-0.15, -0.1) is 6.58 Å². The Hall–Kier alpha value is -3.08. The molecule has 3 rings (SSSR count). The van der Waals surface area contributed by atoms with Crippen molar-refractivity contribution in [1.82, 2.24) is 4.90 Å². The van der Waals surface area contributed by atoms with Gasteiger partial charge < -0.3 is 14.4 Å². The second-order valence-electron chi connectivity index (χ2n) is 12.6. The molecule has 0 atom stereocenters. The summed E-state index contributed by atoms with van der Waals surface area (Å²) >= 11 is 0. The number of allylic oxidation sites excluding steroid dienone is 1. The molecule has 0 aliphatic carbocycles. The molecule has 2 aromatic carbocycles. The summed E-state index contributed by atoms with van der Waals surface area (Å²) < 4.78 is 11.4. The Labute approximate surface area is 229 Å². The number of nitrogens with zero attached hydrogens (tertiary/aromatic N) is 1. The van der Waals surface area contributed by atoms with Crippen molar-refractivity contribution in [3.8, 4) is 0 Å². The molecule has 2 aromatic rings. The van der Waals surface area contributed by atoms with Crippen LogP contribution < -0.4 is 0 Å². The highest BCUT2D eigenvalue weighted by atomic mass is 16.6. The van der Waals surface area contributed by atoms with Gasteiger partial charge in [0.15, 0.2) is 0 Å². The molecule has 1 fully saturated rings. The van der Waals surface area contributed by atoms with Crippen LogP contribution in [0.2, 0.25) is 0 Å². The number of hydrogen-bond donors (Lipinski definition) is 0. The van der Waals surface area contributed by atoms with Gasteiger partial charge in [-0.25, -0.2) is 4.79 Å². The summed E-state index contributed by atoms with van der Waals surface area (Å²) in [6.45, 7) is 18.3. The lowest BCUT2D eigenvalue weighted by Crippen LogP contribution is -2.47. The summed E-state index contributed by atoms with van der Waals surface area (Å²) in [5.41, 5.74) is 3.97. The smallest absolute Gasteiger partial charge is 0.410 e. The summed E-state index contributed by atoms with van der Waals surface area (Å²) in [5, 5.41) is 0. The minimum absolute atomic E-state index is 0.0793. The average Bonchev–Trinajstić information content (AvgIpc) is 2.89. The second kappa shape index (κ2) is 12.2. The molecule has 1 heterocycles. The van der Waals surface area contributed by atoms with Crippen LogP contribution in [0.5, 0.6) is 0 Å². The Bertz CT molecular complexity index is 1080. The van der Waals surface area contributed by atoms with Crippen molar-refractivity contribution in [1.29, 1.82) is 0 Å². The zero-order chi connectivity index (χ0) is 28.0. The van der Waals surface area contributed by atoms with Gasteiger partial charge in [0.2, 0.25) is 0 Å². The van der Waals surface area contributed by atoms with Crippen molar-refractivity contribution in [2.45, 2.75) is 91.3 Å². The van der Waals surface area contributed by atoms with Crippen molar-refractivity contribution in [2.75, 3.05) is 13.1 Å². The molecule has 0 unspecified atom stereocenters. The predicted octanol–water partition coefficient (Wildman–Crippen LogP) is 7.71. The summed E-state index contributed by atoms with van der Waals surface area (Å²) in [6.07, 6.45) is 4.00. The third-order valence-electron chi connectivity index (χ3n) is 7.61. The van der Waals surface area contributed by atoms with Crippen LogP contribution >= 0.6 is 0 Å². The first-order valence-electron chi connectivity index (χ1n) is 13.7. The van der Waals surface area contributed by atoms with Gasteiger partial charge in [0.05, 0.1) is 5.41 Å². The van der Waals surface area contributed by atoms with Crippen LogP contribution in [0.15, 0.2) is 61.2 Å². The summed E-state index contributed by atoms with van der Waals surface area (Å²) in [6, 6.07) is 16.4. The quantitative estimate of drug-likeness (QED) is 0.265. The van der Waals surface area contributed by atoms with Gasteiger partial charge in [0.1, 0.15) is 13.2 Å². The fraction of sp³-hybridized carbons (Fsp3) is 0.515. The molecule has 38 heavy (non-hydrogen) atoms. The maximum atomic E-state index is 13.3. The van der Waals surface area contributed by atoms with Gasteiger partial charge in [-0.05, 0) is 58.8 Å². The van der Waals surface area contributed by atoms with Crippen molar-refractivity contribution < 1.29 is 19.1 Å². The van der Waals surface area contributed by atoms with Crippen LogP contribution in [0.4, 0.5) is 4.79 Å². The Kier molecular flexibility index (Phi) is 9.45. The highest BCUT2D eigenvalue weighted by molar-refractivity contribution is 5.77. The normalized spacial score (nSPS) is 15.6. The predicted molar refractivity (Wildman–Crippen MR) is 153 cm³/mol. The van der Waals surface area contributed by atoms with E-state index >= 15 is 0 Å². The van der Waals surface area contributed by atoms with Crippen LogP contribution in [0, 0.1) is 5.41 Å². The number of benzene rings is 2. The number of likely N-dealkylation sites (tertiary alicyclic amines) is 1. The van der Waals surface area contributed by atoms with Gasteiger partial charge in [-0.3, -0.25) is 4.79 Å². The highest BCUT2D eigenvalue weighted by Gasteiger charge is 2.43. The van der Waals surface area contributed by atoms with E-state index in [9.17, 15) is 9.59 Å². The lowest BCUT2D eigenvalue weighted by atomic mass is 9.75. The molecule has 1 saturated heterocycles. The summed E-state index contributed by atoms with van der Waals surface area (Å²) in [4.78, 5) is 27.8. The van der Waals surface area contributed by atoms with Gasteiger partial charge in [0.25, 0.3) is 0 Å². The number of ether oxygens (including phenoxy) is 2. The average molecular weight is 520 g/mol. The van der Waals surface area contributed by atoms with Crippen LogP contribution in [-0.4, -0.2) is 30.1 Å². The van der Waals surface area contributed by atoms with Crippen molar-refractivity contribution in [3.05, 3.63) is 83.4 Å². The number of carbonyl (C=O) groups excluding carboxylic acids is 2. The van der Waals surface area contributed by atoms with Crippen molar-refractivity contribution in [2.24, 2.45) is 5.41 Å². The number of piperidine rings is 1. The lowest BCUT2D eigenvalue weighted by molar-refractivity contribution is -0.161. The van der Waals surface area contributed by atoms with E-state index in [4.69, 9.17) is 9.47 Å². The number of amides is 1. The number of esters is 1. The molecule has 1 aliphatic rings. The maximum Gasteiger partial charge on any atom is 0.410 e. The summed E-state index contributed by atoms with van der Waals surface area (Å²) in [5.74, 6) is -0.189. The molecule has 5 heteroatoms. The van der Waals surface area contributed by atoms with E-state index in [2.05, 4.69) is 72.4 Å². The Morgan fingerprint density at radius 2 is 1.26 bits per heavy atom. The molecule has 1 aliphatic heterocycles. The molecule has 206 valence electrons. The number of carbonyl (C=O) groups is 2. The van der Waals surface area contributed by atoms with E-state index in [0.29, 0.717) is 32.4 Å². The Balaban J connectivity index is 1.55. The Morgan fingerprint density at radius 1 is 0.816 bits per heavy atom. The number of hydrogen-bond acceptors (Lipinski definition) is 4. The zero-order valence-electron chi connectivity index (χ0n) is 24.1. The SMILES string of the molecule is C=CCCC1(C(=O)OCc2ccc(C(C)(C)C)cc2)CCN(C(=O)OCc2ccc(C(C)(C)C)cc2)CC1. The standard InChI is InChI=1S/C33H45NO4/c1-8-9-18-33(29(35)37-23-25-10-14-27(15-11-25)31(2,3)4)19-21-34(22-20-33)30(36)38-24-26-12-16-28(17-13-26)32(5,6)7/h8,10-17H,1,9,18-24H2,2-7H3. The van der Waals surface area contributed by atoms with Crippen LogP contribution in [0.25, 0.3) is 0 Å². The van der Waals surface area contributed by atoms with Crippen molar-refractivity contribution in [3.63, 3.8) is 0 Å². The van der Waals surface area contributed by atoms with Crippen molar-refractivity contribution >= 4 is 12.1 Å². The molecule has 0 bridgehead atoms. The van der Waals surface area contributed by atoms with Gasteiger partial charge >= 0.3 is 12.1 Å². The molecule has 0 saturated carbocycles. The van der Waals surface area contributed by atoms with Crippen LogP contribution in [0.1, 0.15) is 89.5 Å². The molecule has 5 nitrogen and oxygen atoms in total.